The number of benzene rings is 3. The van der Waals surface area contributed by atoms with E-state index in [9.17, 15) is 0 Å². The van der Waals surface area contributed by atoms with Gasteiger partial charge in [0.15, 0.2) is 0 Å². The third-order valence-electron chi connectivity index (χ3n) is 3.68. The number of fused-ring (bicyclic) bond motifs is 1. The van der Waals surface area contributed by atoms with Crippen molar-refractivity contribution in [3.05, 3.63) is 77.4 Å². The van der Waals surface area contributed by atoms with Crippen LogP contribution >= 0.6 is 0 Å². The molecule has 20 heavy (non-hydrogen) atoms. The molecule has 0 fully saturated rings. The van der Waals surface area contributed by atoms with Crippen molar-refractivity contribution in [2.45, 2.75) is 20.4 Å². The molecule has 0 bridgehead atoms. The molecular formula is C19H19N. The van der Waals surface area contributed by atoms with E-state index >= 15 is 0 Å². The van der Waals surface area contributed by atoms with E-state index in [1.54, 1.807) is 0 Å². The van der Waals surface area contributed by atoms with Crippen molar-refractivity contribution in [2.75, 3.05) is 5.32 Å². The first-order valence-electron chi connectivity index (χ1n) is 7.01. The highest BCUT2D eigenvalue weighted by molar-refractivity contribution is 5.83. The van der Waals surface area contributed by atoms with Gasteiger partial charge in [-0.1, -0.05) is 54.1 Å². The monoisotopic (exact) mass is 261 g/mol. The summed E-state index contributed by atoms with van der Waals surface area (Å²) in [6.45, 7) is 5.13. The predicted octanol–water partition coefficient (Wildman–Crippen LogP) is 5.07. The van der Waals surface area contributed by atoms with Crippen LogP contribution < -0.4 is 5.32 Å². The molecule has 0 saturated heterocycles. The molecule has 3 aromatic rings. The Labute approximate surface area is 120 Å². The van der Waals surface area contributed by atoms with E-state index in [4.69, 9.17) is 0 Å². The lowest BCUT2D eigenvalue weighted by molar-refractivity contribution is 1.14. The first-order chi connectivity index (χ1) is 9.72. The van der Waals surface area contributed by atoms with Gasteiger partial charge in [0.1, 0.15) is 0 Å². The molecule has 0 aliphatic rings. The van der Waals surface area contributed by atoms with E-state index in [0.29, 0.717) is 0 Å². The zero-order chi connectivity index (χ0) is 13.9. The van der Waals surface area contributed by atoms with Crippen molar-refractivity contribution in [3.63, 3.8) is 0 Å². The van der Waals surface area contributed by atoms with E-state index < -0.39 is 0 Å². The summed E-state index contributed by atoms with van der Waals surface area (Å²) in [6, 6.07) is 21.6. The van der Waals surface area contributed by atoms with Crippen LogP contribution in [0, 0.1) is 13.8 Å². The maximum atomic E-state index is 3.52. The summed E-state index contributed by atoms with van der Waals surface area (Å²) < 4.78 is 0. The molecule has 1 N–H and O–H groups in total. The first kappa shape index (κ1) is 12.7. The fourth-order valence-electron chi connectivity index (χ4n) is 2.56. The average Bonchev–Trinajstić information content (AvgIpc) is 2.46. The molecule has 0 radical (unpaired) electrons. The Balaban J connectivity index is 1.79. The summed E-state index contributed by atoms with van der Waals surface area (Å²) in [6.07, 6.45) is 0. The van der Waals surface area contributed by atoms with Crippen LogP contribution in [0.25, 0.3) is 10.8 Å². The van der Waals surface area contributed by atoms with Crippen molar-refractivity contribution in [2.24, 2.45) is 0 Å². The third-order valence-corrected chi connectivity index (χ3v) is 3.68. The fourth-order valence-corrected chi connectivity index (χ4v) is 2.56. The lowest BCUT2D eigenvalue weighted by Gasteiger charge is -2.11. The topological polar surface area (TPSA) is 12.0 Å². The lowest BCUT2D eigenvalue weighted by atomic mass is 10.1. The number of nitrogens with one attached hydrogen (secondary N) is 1. The van der Waals surface area contributed by atoms with Crippen LogP contribution in [0.1, 0.15) is 16.7 Å². The van der Waals surface area contributed by atoms with Crippen molar-refractivity contribution in [1.29, 1.82) is 0 Å². The van der Waals surface area contributed by atoms with E-state index in [2.05, 4.69) is 79.8 Å². The molecule has 3 aromatic carbocycles. The molecule has 0 heterocycles. The SMILES string of the molecule is Cc1ccc(NCc2ccc3ccccc3c2)c(C)c1. The molecule has 0 saturated carbocycles. The highest BCUT2D eigenvalue weighted by Crippen LogP contribution is 2.19. The third kappa shape index (κ3) is 2.67. The van der Waals surface area contributed by atoms with Gasteiger partial charge in [0.05, 0.1) is 0 Å². The molecule has 0 atom stereocenters. The quantitative estimate of drug-likeness (QED) is 0.694. The van der Waals surface area contributed by atoms with Crippen LogP contribution in [0.15, 0.2) is 60.7 Å². The van der Waals surface area contributed by atoms with Crippen molar-refractivity contribution in [3.8, 4) is 0 Å². The highest BCUT2D eigenvalue weighted by Gasteiger charge is 2.00. The van der Waals surface area contributed by atoms with Gasteiger partial charge in [-0.05, 0) is 47.9 Å². The number of anilines is 1. The normalized spacial score (nSPS) is 10.7. The lowest BCUT2D eigenvalue weighted by Crippen LogP contribution is -2.01. The van der Waals surface area contributed by atoms with Gasteiger partial charge in [-0.3, -0.25) is 0 Å². The van der Waals surface area contributed by atoms with Gasteiger partial charge in [0, 0.05) is 12.2 Å². The summed E-state index contributed by atoms with van der Waals surface area (Å²) in [7, 11) is 0. The molecule has 0 spiro atoms. The van der Waals surface area contributed by atoms with Crippen LogP contribution in [0.2, 0.25) is 0 Å². The summed E-state index contributed by atoms with van der Waals surface area (Å²) in [5, 5.41) is 6.11. The molecule has 0 aliphatic heterocycles. The van der Waals surface area contributed by atoms with Gasteiger partial charge in [0.25, 0.3) is 0 Å². The number of hydrogen-bond acceptors (Lipinski definition) is 1. The van der Waals surface area contributed by atoms with Gasteiger partial charge < -0.3 is 5.32 Å². The van der Waals surface area contributed by atoms with Crippen LogP contribution in [-0.2, 0) is 6.54 Å². The van der Waals surface area contributed by atoms with Crippen LogP contribution in [-0.4, -0.2) is 0 Å². The van der Waals surface area contributed by atoms with E-state index in [-0.39, 0.29) is 0 Å². The van der Waals surface area contributed by atoms with Crippen molar-refractivity contribution in [1.82, 2.24) is 0 Å². The molecule has 0 amide bonds. The average molecular weight is 261 g/mol. The Morgan fingerprint density at radius 3 is 2.40 bits per heavy atom. The zero-order valence-corrected chi connectivity index (χ0v) is 12.0. The summed E-state index contributed by atoms with van der Waals surface area (Å²) >= 11 is 0. The van der Waals surface area contributed by atoms with Crippen LogP contribution in [0.4, 0.5) is 5.69 Å². The smallest absolute Gasteiger partial charge is 0.0401 e. The Hall–Kier alpha value is -2.28. The fraction of sp³-hybridized carbons (Fsp3) is 0.158. The van der Waals surface area contributed by atoms with Crippen molar-refractivity contribution >= 4 is 16.5 Å². The molecule has 3 rings (SSSR count). The zero-order valence-electron chi connectivity index (χ0n) is 12.0. The Morgan fingerprint density at radius 1 is 0.800 bits per heavy atom. The Bertz CT molecular complexity index is 744. The van der Waals surface area contributed by atoms with Gasteiger partial charge in [-0.15, -0.1) is 0 Å². The van der Waals surface area contributed by atoms with E-state index in [0.717, 1.165) is 6.54 Å². The minimum absolute atomic E-state index is 0.856. The summed E-state index contributed by atoms with van der Waals surface area (Å²) in [4.78, 5) is 0. The minimum atomic E-state index is 0.856. The maximum Gasteiger partial charge on any atom is 0.0401 e. The highest BCUT2D eigenvalue weighted by atomic mass is 14.9. The molecular weight excluding hydrogens is 242 g/mol. The van der Waals surface area contributed by atoms with E-state index in [1.807, 2.05) is 0 Å². The molecule has 0 unspecified atom stereocenters. The van der Waals surface area contributed by atoms with Crippen LogP contribution in [0.5, 0.6) is 0 Å². The second-order valence-corrected chi connectivity index (χ2v) is 5.35. The molecule has 1 heteroatoms. The van der Waals surface area contributed by atoms with Gasteiger partial charge in [-0.25, -0.2) is 0 Å². The Kier molecular flexibility index (Phi) is 3.42. The van der Waals surface area contributed by atoms with Gasteiger partial charge >= 0.3 is 0 Å². The largest absolute Gasteiger partial charge is 0.381 e. The van der Waals surface area contributed by atoms with Gasteiger partial charge in [0.2, 0.25) is 0 Å². The summed E-state index contributed by atoms with van der Waals surface area (Å²) in [5.74, 6) is 0. The number of hydrogen-bond donors (Lipinski definition) is 1. The second-order valence-electron chi connectivity index (χ2n) is 5.35. The van der Waals surface area contributed by atoms with Gasteiger partial charge in [-0.2, -0.15) is 0 Å². The first-order valence-corrected chi connectivity index (χ1v) is 7.01. The molecule has 0 aromatic heterocycles. The van der Waals surface area contributed by atoms with Crippen LogP contribution in [0.3, 0.4) is 0 Å². The van der Waals surface area contributed by atoms with Crippen molar-refractivity contribution < 1.29 is 0 Å². The maximum absolute atomic E-state index is 3.52. The number of aryl methyl sites for hydroxylation is 2. The summed E-state index contributed by atoms with van der Waals surface area (Å²) in [5.41, 5.74) is 5.12. The van der Waals surface area contributed by atoms with E-state index in [1.165, 1.54) is 33.2 Å². The number of rotatable bonds is 3. The predicted molar refractivity (Wildman–Crippen MR) is 87.2 cm³/mol. The molecule has 0 aliphatic carbocycles. The minimum Gasteiger partial charge on any atom is -0.381 e. The second kappa shape index (κ2) is 5.38. The molecule has 1 nitrogen and oxygen atoms in total. The Morgan fingerprint density at radius 2 is 1.60 bits per heavy atom. The molecule has 100 valence electrons. The standard InChI is InChI=1S/C19H19N/c1-14-7-10-19(15(2)11-14)20-13-16-8-9-17-5-3-4-6-18(17)12-16/h3-12,20H,13H2,1-2H3.